The number of nitrogens with zero attached hydrogens (tertiary/aromatic N) is 6. The van der Waals surface area contributed by atoms with Crippen molar-refractivity contribution < 1.29 is 9.57 Å². The minimum Gasteiger partial charge on any atom is -0.480 e. The zero-order chi connectivity index (χ0) is 84.8. The maximum Gasteiger partial charge on any atom is 0.192 e. The predicted octanol–water partition coefficient (Wildman–Crippen LogP) is 31.5. The summed E-state index contributed by atoms with van der Waals surface area (Å²) in [5, 5.41) is 10.9. The molecule has 0 radical (unpaired) electrons. The van der Waals surface area contributed by atoms with Gasteiger partial charge in [-0.2, -0.15) is 5.10 Å². The molecule has 0 spiro atoms. The molecule has 6 heterocycles. The Morgan fingerprint density at radius 1 is 0.333 bits per heavy atom. The average molecular weight is 1460 g/mol. The van der Waals surface area contributed by atoms with Gasteiger partial charge in [0, 0.05) is 50.2 Å². The van der Waals surface area contributed by atoms with Crippen LogP contribution in [-0.4, -0.2) is 83.5 Å². The summed E-state index contributed by atoms with van der Waals surface area (Å²) in [5.74, 6) is 0. The van der Waals surface area contributed by atoms with Crippen LogP contribution < -0.4 is 21.7 Å². The van der Waals surface area contributed by atoms with Crippen LogP contribution in [0.2, 0.25) is 0 Å². The maximum atomic E-state index is 4.72. The molecule has 0 aromatic heterocycles. The Morgan fingerprint density at radius 2 is 0.765 bits per heavy atom. The Balaban J connectivity index is -0.0000000386. The van der Waals surface area contributed by atoms with Gasteiger partial charge in [-0.05, 0) is 134 Å². The number of hydrogen-bond acceptors (Lipinski definition) is 12. The smallest absolute Gasteiger partial charge is 0.192 e. The van der Waals surface area contributed by atoms with Gasteiger partial charge < -0.3 is 25.9 Å². The van der Waals surface area contributed by atoms with Gasteiger partial charge in [0.15, 0.2) is 6.40 Å². The first-order valence-electron chi connectivity index (χ1n) is 43.0. The summed E-state index contributed by atoms with van der Waals surface area (Å²) in [7, 11) is 0. The Hall–Kier alpha value is -5.10. The lowest BCUT2D eigenvalue weighted by Crippen LogP contribution is -2.36. The van der Waals surface area contributed by atoms with Gasteiger partial charge in [-0.25, -0.2) is 5.43 Å². The van der Waals surface area contributed by atoms with E-state index in [4.69, 9.17) is 4.74 Å². The summed E-state index contributed by atoms with van der Waals surface area (Å²) in [5.41, 5.74) is 18.9. The van der Waals surface area contributed by atoms with Crippen molar-refractivity contribution in [3.05, 3.63) is 97.3 Å². The van der Waals surface area contributed by atoms with Crippen molar-refractivity contribution in [2.24, 2.45) is 30.3 Å². The van der Waals surface area contributed by atoms with Crippen LogP contribution in [0, 0.1) is 0 Å². The van der Waals surface area contributed by atoms with Crippen molar-refractivity contribution in [2.45, 2.75) is 412 Å². The predicted molar refractivity (Wildman–Crippen MR) is 497 cm³/mol. The van der Waals surface area contributed by atoms with Gasteiger partial charge in [0.25, 0.3) is 0 Å². The van der Waals surface area contributed by atoms with E-state index in [0.717, 1.165) is 95.7 Å². The van der Waals surface area contributed by atoms with Crippen molar-refractivity contribution in [1.29, 1.82) is 0 Å². The van der Waals surface area contributed by atoms with Gasteiger partial charge in [0.2, 0.25) is 0 Å². The molecule has 4 aliphatic carbocycles. The first-order chi connectivity index (χ1) is 50.4. The van der Waals surface area contributed by atoms with Crippen molar-refractivity contribution in [3.63, 3.8) is 0 Å². The van der Waals surface area contributed by atoms with E-state index in [1.165, 1.54) is 125 Å². The Bertz CT molecular complexity index is 1320. The van der Waals surface area contributed by atoms with E-state index in [1.807, 2.05) is 296 Å². The van der Waals surface area contributed by atoms with Gasteiger partial charge in [-0.3, -0.25) is 15.0 Å². The summed E-state index contributed by atoms with van der Waals surface area (Å²) in [4.78, 5) is 16.4. The van der Waals surface area contributed by atoms with Crippen LogP contribution in [0.1, 0.15) is 412 Å². The molecule has 0 atom stereocenters. The summed E-state index contributed by atoms with van der Waals surface area (Å²) < 4.78 is 4.72. The number of ether oxygens (including phenoxy) is 1. The van der Waals surface area contributed by atoms with E-state index in [-0.39, 0.29) is 0 Å². The van der Waals surface area contributed by atoms with Crippen LogP contribution >= 0.6 is 0 Å². The number of hydrogen-bond donors (Lipinski definition) is 4. The van der Waals surface area contributed by atoms with Gasteiger partial charge in [0.05, 0.1) is 19.4 Å². The fourth-order valence-corrected chi connectivity index (χ4v) is 5.77. The van der Waals surface area contributed by atoms with E-state index in [0.29, 0.717) is 0 Å². The van der Waals surface area contributed by atoms with Crippen molar-refractivity contribution >= 4 is 37.6 Å². The van der Waals surface area contributed by atoms with E-state index < -0.39 is 0 Å². The molecule has 6 aliphatic heterocycles. The second-order valence-corrected chi connectivity index (χ2v) is 15.4. The summed E-state index contributed by atoms with van der Waals surface area (Å²) in [6, 6.07) is 0. The van der Waals surface area contributed by atoms with Crippen molar-refractivity contribution in [1.82, 2.24) is 21.7 Å². The maximum absolute atomic E-state index is 4.72. The van der Waals surface area contributed by atoms with Crippen LogP contribution in [0.4, 0.5) is 0 Å². The van der Waals surface area contributed by atoms with E-state index in [9.17, 15) is 0 Å². The lowest BCUT2D eigenvalue weighted by atomic mass is 9.97. The summed E-state index contributed by atoms with van der Waals surface area (Å²) in [6.07, 6.45) is 45.2. The van der Waals surface area contributed by atoms with Crippen molar-refractivity contribution in [3.8, 4) is 0 Å². The molecule has 624 valence electrons. The second kappa shape index (κ2) is 218. The van der Waals surface area contributed by atoms with Gasteiger partial charge in [-0.15, -0.1) is 5.10 Å². The number of hydrazine groups is 1. The lowest BCUT2D eigenvalue weighted by molar-refractivity contribution is 0.134. The molecule has 2 saturated carbocycles. The molecule has 12 nitrogen and oxygen atoms in total. The first kappa shape index (κ1) is 151. The fourth-order valence-electron chi connectivity index (χ4n) is 5.77. The summed E-state index contributed by atoms with van der Waals surface area (Å²) in [6.45, 7) is 109. The van der Waals surface area contributed by atoms with Gasteiger partial charge in [-0.1, -0.05) is 375 Å². The normalized spacial score (nSPS) is 13.5. The Labute approximate surface area is 650 Å². The third-order valence-electron chi connectivity index (χ3n) is 9.45. The SMILES string of the molecule is C1=NCCNN1.C1=NNCCC1.C1=NNCCO1.C1=NOCCC1.C=C1C=CCC1.C=C1C=CCCC1.C=C1C=NCC1.C=C1CCC=N1.C=C1CCCC1.C=C1CCCCC1.CC.CC.CC.CC.CC.CC.CC.CC.CC.CC.CC.CC.CC.CC.CC.CC.CC.CC.CC.CC. The average Bonchev–Trinajstić information content (AvgIpc) is 4.38. The van der Waals surface area contributed by atoms with Crippen LogP contribution in [0.3, 0.4) is 0 Å². The molecule has 102 heavy (non-hydrogen) atoms. The van der Waals surface area contributed by atoms with Crippen LogP contribution in [0.5, 0.6) is 0 Å². The molecule has 0 bridgehead atoms. The monoisotopic (exact) mass is 1460 g/mol. The number of hydrazone groups is 2. The molecule has 0 saturated heterocycles. The van der Waals surface area contributed by atoms with Crippen LogP contribution in [0.25, 0.3) is 0 Å². The highest BCUT2D eigenvalue weighted by Gasteiger charge is 2.02. The Kier molecular flexibility index (Phi) is 323. The molecule has 0 aromatic rings. The third-order valence-corrected chi connectivity index (χ3v) is 9.45. The molecule has 2 fully saturated rings. The van der Waals surface area contributed by atoms with Gasteiger partial charge >= 0.3 is 0 Å². The first-order valence-corrected chi connectivity index (χ1v) is 43.0. The van der Waals surface area contributed by atoms with E-state index in [1.54, 1.807) is 12.6 Å². The van der Waals surface area contributed by atoms with Crippen LogP contribution in [-0.2, 0) is 9.57 Å². The number of aliphatic imine (C=N–C) groups is 3. The molecular formula is C90H202N10O2. The number of allylic oxidation sites excluding steroid dienone is 9. The molecule has 10 rings (SSSR count). The lowest BCUT2D eigenvalue weighted by Gasteiger charge is -2.10. The zero-order valence-corrected chi connectivity index (χ0v) is 78.3. The van der Waals surface area contributed by atoms with Crippen LogP contribution in [0.15, 0.2) is 128 Å². The molecule has 0 aromatic carbocycles. The molecule has 12 heteroatoms. The molecule has 0 amide bonds. The standard InChI is InChI=1S/C7H12.C7H10.C6H10.C6H8.2C5H7N.C4H8N2.C4H7NO.C3H7N3.C3H6N2O.20C2H6/c2*1-7-5-3-2-4-6-7;2*1-6-4-2-3-5-6;1-5-2-3-6-4-5;1-5-3-2-4-6-5;2*1-2-4-6-5-3-1;1-2-5-6-3-4-1;1-2-6-3-5-4-1;20*1-2/h1-6H2;3,5H,1-2,4,6H2;1-5H2;2,4H,1,3,5H2;2*4H,1-3H2;3,6H,1-2,4H2;3H,1-2,4H2;3,5H,1-2H2,(H,4,6);3-4H,1-2H2;20*1-2H3. The highest BCUT2D eigenvalue weighted by molar-refractivity contribution is 5.79. The largest absolute Gasteiger partial charge is 0.480 e. The molecule has 10 aliphatic rings. The van der Waals surface area contributed by atoms with E-state index >= 15 is 0 Å². The zero-order valence-electron chi connectivity index (χ0n) is 78.3. The number of nitrogens with one attached hydrogen (secondary N) is 4. The minimum absolute atomic E-state index is 0.740. The molecule has 4 N–H and O–H groups in total. The van der Waals surface area contributed by atoms with Gasteiger partial charge in [0.1, 0.15) is 13.2 Å². The number of oxime groups is 1. The second-order valence-electron chi connectivity index (χ2n) is 15.4. The highest BCUT2D eigenvalue weighted by Crippen LogP contribution is 2.21. The number of rotatable bonds is 0. The van der Waals surface area contributed by atoms with E-state index in [2.05, 4.69) is 121 Å². The fraction of sp³-hybridized carbons (Fsp3) is 0.756. The van der Waals surface area contributed by atoms with Crippen molar-refractivity contribution in [2.75, 3.05) is 45.9 Å². The molecular weight excluding hydrogens is 1250 g/mol. The topological polar surface area (TPSA) is 141 Å². The summed E-state index contributed by atoms with van der Waals surface area (Å²) >= 11 is 0. The highest BCUT2D eigenvalue weighted by atomic mass is 16.6. The minimum atomic E-state index is 0.740. The third kappa shape index (κ3) is 211. The Morgan fingerprint density at radius 3 is 0.873 bits per heavy atom. The quantitative estimate of drug-likeness (QED) is 0.178. The molecule has 0 unspecified atom stereocenters.